The van der Waals surface area contributed by atoms with Gasteiger partial charge < -0.3 is 4.52 Å². The average molecular weight is 288 g/mol. The molecule has 0 saturated carbocycles. The quantitative estimate of drug-likeness (QED) is 0.801. The normalized spacial score (nSPS) is 10.7. The molecule has 0 unspecified atom stereocenters. The SMILES string of the molecule is Cc1cc(-c2noc(Cl)n2)cc(C)c1Br. The molecule has 1 heterocycles. The third kappa shape index (κ3) is 2.06. The minimum atomic E-state index is 0.0585. The van der Waals surface area contributed by atoms with E-state index in [2.05, 4.69) is 26.1 Å². The van der Waals surface area contributed by atoms with Gasteiger partial charge in [0.25, 0.3) is 0 Å². The Hall–Kier alpha value is -0.870. The highest BCUT2D eigenvalue weighted by molar-refractivity contribution is 9.10. The van der Waals surface area contributed by atoms with E-state index in [0.29, 0.717) is 5.82 Å². The molecule has 0 saturated heterocycles. The van der Waals surface area contributed by atoms with Crippen molar-refractivity contribution in [1.29, 1.82) is 0 Å². The largest absolute Gasteiger partial charge is 0.321 e. The van der Waals surface area contributed by atoms with Crippen molar-refractivity contribution in [2.45, 2.75) is 13.8 Å². The Labute approximate surface area is 101 Å². The Balaban J connectivity index is 2.55. The molecule has 0 aliphatic carbocycles. The summed E-state index contributed by atoms with van der Waals surface area (Å²) in [6.07, 6.45) is 0. The summed E-state index contributed by atoms with van der Waals surface area (Å²) in [5.41, 5.74) is 3.17. The van der Waals surface area contributed by atoms with Crippen LogP contribution in [0.1, 0.15) is 11.1 Å². The van der Waals surface area contributed by atoms with Crippen LogP contribution in [0.15, 0.2) is 21.1 Å². The van der Waals surface area contributed by atoms with Crippen molar-refractivity contribution < 1.29 is 4.52 Å². The molecule has 0 bridgehead atoms. The molecule has 0 atom stereocenters. The molecule has 0 N–H and O–H groups in total. The number of rotatable bonds is 1. The monoisotopic (exact) mass is 286 g/mol. The second-order valence-corrected chi connectivity index (χ2v) is 4.41. The maximum absolute atomic E-state index is 5.57. The molecule has 0 amide bonds. The van der Waals surface area contributed by atoms with Gasteiger partial charge in [-0.15, -0.1) is 0 Å². The van der Waals surface area contributed by atoms with Crippen molar-refractivity contribution in [3.63, 3.8) is 0 Å². The Kier molecular flexibility index (Phi) is 2.80. The Morgan fingerprint density at radius 1 is 1.27 bits per heavy atom. The number of nitrogens with zero attached hydrogens (tertiary/aromatic N) is 2. The van der Waals surface area contributed by atoms with Crippen LogP contribution in [0.3, 0.4) is 0 Å². The van der Waals surface area contributed by atoms with Crippen LogP contribution in [0.5, 0.6) is 0 Å². The van der Waals surface area contributed by atoms with Crippen molar-refractivity contribution in [3.05, 3.63) is 33.1 Å². The maximum Gasteiger partial charge on any atom is 0.320 e. The van der Waals surface area contributed by atoms with Gasteiger partial charge in [-0.3, -0.25) is 0 Å². The van der Waals surface area contributed by atoms with Gasteiger partial charge in [0.15, 0.2) is 0 Å². The lowest BCUT2D eigenvalue weighted by molar-refractivity contribution is 0.421. The number of benzene rings is 1. The smallest absolute Gasteiger partial charge is 0.320 e. The lowest BCUT2D eigenvalue weighted by Crippen LogP contribution is -1.87. The molecule has 0 aliphatic heterocycles. The van der Waals surface area contributed by atoms with E-state index in [1.807, 2.05) is 26.0 Å². The molecular weight excluding hydrogens is 279 g/mol. The lowest BCUT2D eigenvalue weighted by atomic mass is 10.1. The summed E-state index contributed by atoms with van der Waals surface area (Å²) in [6, 6.07) is 3.97. The van der Waals surface area contributed by atoms with Crippen LogP contribution < -0.4 is 0 Å². The second kappa shape index (κ2) is 3.94. The van der Waals surface area contributed by atoms with E-state index in [1.54, 1.807) is 0 Å². The van der Waals surface area contributed by atoms with E-state index >= 15 is 0 Å². The van der Waals surface area contributed by atoms with E-state index in [9.17, 15) is 0 Å². The fraction of sp³-hybridized carbons (Fsp3) is 0.200. The van der Waals surface area contributed by atoms with Gasteiger partial charge in [-0.1, -0.05) is 21.1 Å². The first kappa shape index (κ1) is 10.6. The van der Waals surface area contributed by atoms with Crippen LogP contribution in [0, 0.1) is 13.8 Å². The minimum Gasteiger partial charge on any atom is -0.321 e. The van der Waals surface area contributed by atoms with Crippen molar-refractivity contribution in [1.82, 2.24) is 10.1 Å². The van der Waals surface area contributed by atoms with Crippen LogP contribution in [-0.2, 0) is 0 Å². The van der Waals surface area contributed by atoms with Crippen molar-refractivity contribution in [3.8, 4) is 11.4 Å². The van der Waals surface area contributed by atoms with E-state index in [0.717, 1.165) is 21.2 Å². The van der Waals surface area contributed by atoms with Crippen molar-refractivity contribution in [2.75, 3.05) is 0 Å². The van der Waals surface area contributed by atoms with Gasteiger partial charge in [-0.2, -0.15) is 4.98 Å². The third-order valence-corrected chi connectivity index (χ3v) is 3.50. The molecule has 1 aromatic carbocycles. The topological polar surface area (TPSA) is 38.9 Å². The second-order valence-electron chi connectivity index (χ2n) is 3.29. The maximum atomic E-state index is 5.57. The van der Waals surface area contributed by atoms with Gasteiger partial charge >= 0.3 is 5.35 Å². The van der Waals surface area contributed by atoms with Crippen LogP contribution in [0.4, 0.5) is 0 Å². The van der Waals surface area contributed by atoms with Crippen LogP contribution in [0.25, 0.3) is 11.4 Å². The highest BCUT2D eigenvalue weighted by Crippen LogP contribution is 2.27. The number of halogens is 2. The fourth-order valence-corrected chi connectivity index (χ4v) is 1.74. The Morgan fingerprint density at radius 3 is 2.33 bits per heavy atom. The van der Waals surface area contributed by atoms with Crippen LogP contribution >= 0.6 is 27.5 Å². The summed E-state index contributed by atoms with van der Waals surface area (Å²) in [7, 11) is 0. The van der Waals surface area contributed by atoms with Crippen LogP contribution in [0.2, 0.25) is 5.35 Å². The molecule has 2 aromatic rings. The van der Waals surface area contributed by atoms with Gasteiger partial charge in [-0.25, -0.2) is 0 Å². The lowest BCUT2D eigenvalue weighted by Gasteiger charge is -2.04. The highest BCUT2D eigenvalue weighted by atomic mass is 79.9. The number of aromatic nitrogens is 2. The van der Waals surface area contributed by atoms with Gasteiger partial charge in [0.05, 0.1) is 0 Å². The molecule has 2 rings (SSSR count). The molecule has 15 heavy (non-hydrogen) atoms. The number of aryl methyl sites for hydroxylation is 2. The average Bonchev–Trinajstić information content (AvgIpc) is 2.60. The van der Waals surface area contributed by atoms with E-state index in [1.165, 1.54) is 0 Å². The summed E-state index contributed by atoms with van der Waals surface area (Å²) < 4.78 is 5.82. The van der Waals surface area contributed by atoms with Gasteiger partial charge in [0.1, 0.15) is 0 Å². The fourth-order valence-electron chi connectivity index (χ4n) is 1.40. The molecule has 78 valence electrons. The first-order valence-electron chi connectivity index (χ1n) is 4.34. The summed E-state index contributed by atoms with van der Waals surface area (Å²) >= 11 is 9.07. The standard InChI is InChI=1S/C10H8BrClN2O/c1-5-3-7(4-6(2)8(5)11)9-13-10(12)15-14-9/h3-4H,1-2H3. The van der Waals surface area contributed by atoms with Gasteiger partial charge in [0.2, 0.25) is 5.82 Å². The summed E-state index contributed by atoms with van der Waals surface area (Å²) in [5.74, 6) is 0.513. The first-order valence-corrected chi connectivity index (χ1v) is 5.51. The van der Waals surface area contributed by atoms with Crippen molar-refractivity contribution in [2.24, 2.45) is 0 Å². The summed E-state index contributed by atoms with van der Waals surface area (Å²) in [5, 5.41) is 3.82. The molecular formula is C10H8BrClN2O. The summed E-state index contributed by atoms with van der Waals surface area (Å²) in [6.45, 7) is 4.03. The third-order valence-electron chi connectivity index (χ3n) is 2.10. The first-order chi connectivity index (χ1) is 7.08. The summed E-state index contributed by atoms with van der Waals surface area (Å²) in [4.78, 5) is 3.97. The molecule has 0 fully saturated rings. The minimum absolute atomic E-state index is 0.0585. The Morgan fingerprint density at radius 2 is 1.87 bits per heavy atom. The number of hydrogen-bond acceptors (Lipinski definition) is 3. The molecule has 0 aliphatic rings. The van der Waals surface area contributed by atoms with Crippen LogP contribution in [-0.4, -0.2) is 10.1 Å². The van der Waals surface area contributed by atoms with E-state index in [4.69, 9.17) is 16.1 Å². The zero-order chi connectivity index (χ0) is 11.0. The molecule has 0 radical (unpaired) electrons. The number of hydrogen-bond donors (Lipinski definition) is 0. The zero-order valence-corrected chi connectivity index (χ0v) is 10.6. The predicted molar refractivity (Wildman–Crippen MR) is 61.9 cm³/mol. The predicted octanol–water partition coefficient (Wildman–Crippen LogP) is 3.77. The van der Waals surface area contributed by atoms with E-state index < -0.39 is 0 Å². The molecule has 3 nitrogen and oxygen atoms in total. The molecule has 0 spiro atoms. The van der Waals surface area contributed by atoms with Gasteiger partial charge in [0, 0.05) is 10.0 Å². The highest BCUT2D eigenvalue weighted by Gasteiger charge is 2.09. The molecule has 5 heteroatoms. The molecule has 1 aromatic heterocycles. The van der Waals surface area contributed by atoms with E-state index in [-0.39, 0.29) is 5.35 Å². The van der Waals surface area contributed by atoms with Crippen molar-refractivity contribution >= 4 is 27.5 Å². The van der Waals surface area contributed by atoms with Gasteiger partial charge in [-0.05, 0) is 48.7 Å². The zero-order valence-electron chi connectivity index (χ0n) is 8.21. The Bertz CT molecular complexity index is 487.